The van der Waals surface area contributed by atoms with E-state index >= 15 is 0 Å². The van der Waals surface area contributed by atoms with Crippen LogP contribution in [0.15, 0.2) is 41.5 Å². The predicted molar refractivity (Wildman–Crippen MR) is 144 cm³/mol. The van der Waals surface area contributed by atoms with E-state index in [9.17, 15) is 0 Å². The number of aromatic nitrogens is 1. The van der Waals surface area contributed by atoms with Gasteiger partial charge in [-0.3, -0.25) is 0 Å². The van der Waals surface area contributed by atoms with Gasteiger partial charge in [-0.15, -0.1) is 24.0 Å². The van der Waals surface area contributed by atoms with E-state index in [1.165, 1.54) is 0 Å². The summed E-state index contributed by atoms with van der Waals surface area (Å²) in [5.41, 5.74) is 2.08. The lowest BCUT2D eigenvalue weighted by molar-refractivity contribution is 0.302. The van der Waals surface area contributed by atoms with E-state index in [-0.39, 0.29) is 30.0 Å². The van der Waals surface area contributed by atoms with Crippen LogP contribution in [0.5, 0.6) is 17.4 Å². The molecule has 2 N–H and O–H groups in total. The van der Waals surface area contributed by atoms with E-state index < -0.39 is 0 Å². The number of ether oxygens (including phenoxy) is 3. The molecule has 182 valence electrons. The minimum atomic E-state index is 0. The van der Waals surface area contributed by atoms with Crippen molar-refractivity contribution in [1.82, 2.24) is 15.6 Å². The van der Waals surface area contributed by atoms with Crippen LogP contribution in [-0.2, 0) is 6.54 Å². The molecule has 1 fully saturated rings. The number of nitrogens with one attached hydrogen (secondary N) is 2. The SMILES string of the molecule is CCCOc1ncccc1CN=C(NCC)NC1CCN(c2cc(OC)cc(OC)c2)C1.I. The third-order valence-electron chi connectivity index (χ3n) is 5.28. The van der Waals surface area contributed by atoms with E-state index in [0.29, 0.717) is 19.0 Å². The molecule has 1 unspecified atom stereocenters. The number of halogens is 1. The molecule has 8 nitrogen and oxygen atoms in total. The van der Waals surface area contributed by atoms with Crippen LogP contribution in [0, 0.1) is 0 Å². The Morgan fingerprint density at radius 2 is 1.94 bits per heavy atom. The molecule has 1 saturated heterocycles. The molecule has 0 amide bonds. The summed E-state index contributed by atoms with van der Waals surface area (Å²) in [7, 11) is 3.35. The van der Waals surface area contributed by atoms with Gasteiger partial charge in [-0.25, -0.2) is 9.98 Å². The molecule has 1 aromatic carbocycles. The number of aliphatic imine (C=N–C) groups is 1. The van der Waals surface area contributed by atoms with Crippen molar-refractivity contribution in [3.8, 4) is 17.4 Å². The quantitative estimate of drug-likeness (QED) is 0.256. The standard InChI is InChI=1S/C24H35N5O3.HI/c1-5-12-32-23-18(8-7-10-26-23)16-27-24(25-6-2)28-19-9-11-29(17-19)20-13-21(30-3)15-22(14-20)31-4;/h7-8,10,13-15,19H,5-6,9,11-12,16-17H2,1-4H3,(H2,25,27,28);1H. The van der Waals surface area contributed by atoms with Crippen molar-refractivity contribution in [2.45, 2.75) is 39.3 Å². The number of guanidine groups is 1. The highest BCUT2D eigenvalue weighted by atomic mass is 127. The molecule has 0 aliphatic carbocycles. The Hall–Kier alpha value is -2.43. The van der Waals surface area contributed by atoms with E-state index in [2.05, 4.69) is 34.4 Å². The first-order valence-electron chi connectivity index (χ1n) is 11.3. The predicted octanol–water partition coefficient (Wildman–Crippen LogP) is 3.84. The molecule has 0 bridgehead atoms. The van der Waals surface area contributed by atoms with E-state index in [4.69, 9.17) is 19.2 Å². The maximum atomic E-state index is 5.76. The second kappa shape index (κ2) is 14.0. The molecule has 9 heteroatoms. The highest BCUT2D eigenvalue weighted by Gasteiger charge is 2.24. The highest BCUT2D eigenvalue weighted by Crippen LogP contribution is 2.30. The van der Waals surface area contributed by atoms with Gasteiger partial charge in [-0.1, -0.05) is 13.0 Å². The first kappa shape index (κ1) is 26.8. The third-order valence-corrected chi connectivity index (χ3v) is 5.28. The van der Waals surface area contributed by atoms with Crippen molar-refractivity contribution < 1.29 is 14.2 Å². The zero-order chi connectivity index (χ0) is 22.8. The largest absolute Gasteiger partial charge is 0.497 e. The van der Waals surface area contributed by atoms with Crippen molar-refractivity contribution in [2.24, 2.45) is 4.99 Å². The summed E-state index contributed by atoms with van der Waals surface area (Å²) < 4.78 is 16.6. The summed E-state index contributed by atoms with van der Waals surface area (Å²) in [6, 6.07) is 10.2. The summed E-state index contributed by atoms with van der Waals surface area (Å²) in [6.45, 7) is 7.93. The Kier molecular flexibility index (Phi) is 11.4. The van der Waals surface area contributed by atoms with Gasteiger partial charge < -0.3 is 29.7 Å². The molecule has 1 atom stereocenters. The van der Waals surface area contributed by atoms with Crippen LogP contribution in [0.3, 0.4) is 0 Å². The number of anilines is 1. The lowest BCUT2D eigenvalue weighted by Gasteiger charge is -2.21. The van der Waals surface area contributed by atoms with Crippen LogP contribution in [-0.4, -0.2) is 57.4 Å². The van der Waals surface area contributed by atoms with Crippen molar-refractivity contribution in [3.63, 3.8) is 0 Å². The molecular formula is C24H36IN5O3. The molecule has 0 spiro atoms. The normalized spacial score (nSPS) is 15.6. The third kappa shape index (κ3) is 7.83. The fourth-order valence-electron chi connectivity index (χ4n) is 3.64. The van der Waals surface area contributed by atoms with Gasteiger partial charge in [0.2, 0.25) is 5.88 Å². The molecule has 0 saturated carbocycles. The molecule has 1 aliphatic rings. The molecule has 0 radical (unpaired) electrons. The number of hydrogen-bond donors (Lipinski definition) is 2. The van der Waals surface area contributed by atoms with Gasteiger partial charge in [0.05, 0.1) is 27.4 Å². The fourth-order valence-corrected chi connectivity index (χ4v) is 3.64. The summed E-state index contributed by atoms with van der Waals surface area (Å²) in [6.07, 6.45) is 3.71. The minimum absolute atomic E-state index is 0. The molecular weight excluding hydrogens is 533 g/mol. The van der Waals surface area contributed by atoms with E-state index in [1.54, 1.807) is 20.4 Å². The van der Waals surface area contributed by atoms with Gasteiger partial charge in [-0.2, -0.15) is 0 Å². The van der Waals surface area contributed by atoms with Crippen LogP contribution in [0.4, 0.5) is 5.69 Å². The molecule has 1 aromatic heterocycles. The number of benzene rings is 1. The maximum absolute atomic E-state index is 5.76. The zero-order valence-electron chi connectivity index (χ0n) is 20.0. The van der Waals surface area contributed by atoms with Crippen molar-refractivity contribution in [2.75, 3.05) is 45.4 Å². The Morgan fingerprint density at radius 3 is 2.61 bits per heavy atom. The van der Waals surface area contributed by atoms with E-state index in [1.807, 2.05) is 30.3 Å². The summed E-state index contributed by atoms with van der Waals surface area (Å²) in [5.74, 6) is 3.05. The highest BCUT2D eigenvalue weighted by molar-refractivity contribution is 14.0. The zero-order valence-corrected chi connectivity index (χ0v) is 22.3. The lowest BCUT2D eigenvalue weighted by atomic mass is 10.2. The average molecular weight is 569 g/mol. The average Bonchev–Trinajstić information content (AvgIpc) is 3.30. The van der Waals surface area contributed by atoms with Crippen LogP contribution >= 0.6 is 24.0 Å². The van der Waals surface area contributed by atoms with Gasteiger partial charge in [0.25, 0.3) is 0 Å². The fraction of sp³-hybridized carbons (Fsp3) is 0.500. The monoisotopic (exact) mass is 569 g/mol. The van der Waals surface area contributed by atoms with Crippen molar-refractivity contribution in [3.05, 3.63) is 42.1 Å². The number of methoxy groups -OCH3 is 2. The Morgan fingerprint density at radius 1 is 1.18 bits per heavy atom. The molecule has 3 rings (SSSR count). The summed E-state index contributed by atoms with van der Waals surface area (Å²) in [4.78, 5) is 11.5. The van der Waals surface area contributed by atoms with Crippen molar-refractivity contribution >= 4 is 35.6 Å². The van der Waals surface area contributed by atoms with Crippen molar-refractivity contribution in [1.29, 1.82) is 0 Å². The van der Waals surface area contributed by atoms with Gasteiger partial charge in [0.15, 0.2) is 5.96 Å². The summed E-state index contributed by atoms with van der Waals surface area (Å²) in [5, 5.41) is 6.93. The van der Waals surface area contributed by atoms with Gasteiger partial charge in [0, 0.05) is 61.3 Å². The molecule has 2 heterocycles. The van der Waals surface area contributed by atoms with Gasteiger partial charge in [-0.05, 0) is 25.8 Å². The molecule has 1 aliphatic heterocycles. The Labute approximate surface area is 214 Å². The Balaban J connectivity index is 0.00000385. The minimum Gasteiger partial charge on any atom is -0.497 e. The smallest absolute Gasteiger partial charge is 0.218 e. The number of rotatable bonds is 10. The first-order chi connectivity index (χ1) is 15.7. The van der Waals surface area contributed by atoms with Gasteiger partial charge >= 0.3 is 0 Å². The van der Waals surface area contributed by atoms with Crippen LogP contribution in [0.1, 0.15) is 32.3 Å². The molecule has 33 heavy (non-hydrogen) atoms. The van der Waals surface area contributed by atoms with Crippen LogP contribution < -0.4 is 29.7 Å². The Bertz CT molecular complexity index is 874. The number of hydrogen-bond acceptors (Lipinski definition) is 6. The number of pyridine rings is 1. The van der Waals surface area contributed by atoms with E-state index in [0.717, 1.165) is 61.2 Å². The first-order valence-corrected chi connectivity index (χ1v) is 11.3. The van der Waals surface area contributed by atoms with Gasteiger partial charge in [0.1, 0.15) is 11.5 Å². The second-order valence-corrected chi connectivity index (χ2v) is 7.66. The maximum Gasteiger partial charge on any atom is 0.218 e. The lowest BCUT2D eigenvalue weighted by Crippen LogP contribution is -2.44. The molecule has 2 aromatic rings. The van der Waals surface area contributed by atoms with Crippen LogP contribution in [0.2, 0.25) is 0 Å². The topological polar surface area (TPSA) is 80.2 Å². The number of nitrogens with zero attached hydrogens (tertiary/aromatic N) is 3. The second-order valence-electron chi connectivity index (χ2n) is 7.66. The van der Waals surface area contributed by atoms with Crippen LogP contribution in [0.25, 0.3) is 0 Å². The summed E-state index contributed by atoms with van der Waals surface area (Å²) >= 11 is 0.